The van der Waals surface area contributed by atoms with E-state index in [2.05, 4.69) is 5.16 Å². The summed E-state index contributed by atoms with van der Waals surface area (Å²) in [6, 6.07) is 3.70. The summed E-state index contributed by atoms with van der Waals surface area (Å²) in [6.45, 7) is 6.31. The monoisotopic (exact) mass is 274 g/mol. The Labute approximate surface area is 117 Å². The van der Waals surface area contributed by atoms with Crippen molar-refractivity contribution >= 4 is 5.91 Å². The van der Waals surface area contributed by atoms with Gasteiger partial charge >= 0.3 is 0 Å². The number of furan rings is 1. The van der Waals surface area contributed by atoms with Gasteiger partial charge < -0.3 is 13.8 Å². The number of carbonyl (C=O) groups is 1. The molecule has 0 N–H and O–H groups in total. The van der Waals surface area contributed by atoms with Gasteiger partial charge in [-0.1, -0.05) is 5.16 Å². The SMILES string of the molecule is Cc1cc(C2CCCN2C(=O)c2cc(C)oc2C)on1. The number of nitrogens with zero attached hydrogens (tertiary/aromatic N) is 2. The van der Waals surface area contributed by atoms with Crippen molar-refractivity contribution in [3.63, 3.8) is 0 Å². The molecule has 2 aromatic rings. The highest BCUT2D eigenvalue weighted by Gasteiger charge is 2.34. The van der Waals surface area contributed by atoms with Crippen LogP contribution in [0.1, 0.15) is 52.2 Å². The minimum atomic E-state index is -0.0155. The number of rotatable bonds is 2. The molecule has 0 radical (unpaired) electrons. The molecule has 2 aromatic heterocycles. The zero-order valence-electron chi connectivity index (χ0n) is 12.0. The van der Waals surface area contributed by atoms with Crippen LogP contribution in [0.2, 0.25) is 0 Å². The Morgan fingerprint density at radius 2 is 2.15 bits per heavy atom. The molecule has 3 heterocycles. The van der Waals surface area contributed by atoms with Crippen LogP contribution >= 0.6 is 0 Å². The van der Waals surface area contributed by atoms with Gasteiger partial charge in [0.15, 0.2) is 5.76 Å². The van der Waals surface area contributed by atoms with E-state index < -0.39 is 0 Å². The molecule has 3 rings (SSSR count). The van der Waals surface area contributed by atoms with E-state index in [0.717, 1.165) is 36.6 Å². The number of aromatic nitrogens is 1. The first-order valence-corrected chi connectivity index (χ1v) is 6.87. The van der Waals surface area contributed by atoms with Crippen LogP contribution in [-0.2, 0) is 0 Å². The minimum Gasteiger partial charge on any atom is -0.466 e. The van der Waals surface area contributed by atoms with Gasteiger partial charge in [0.1, 0.15) is 11.5 Å². The van der Waals surface area contributed by atoms with Crippen molar-refractivity contribution in [1.82, 2.24) is 10.1 Å². The Kier molecular flexibility index (Phi) is 3.12. The molecule has 1 amide bonds. The van der Waals surface area contributed by atoms with Crippen LogP contribution < -0.4 is 0 Å². The highest BCUT2D eigenvalue weighted by Crippen LogP contribution is 2.34. The number of hydrogen-bond donors (Lipinski definition) is 0. The van der Waals surface area contributed by atoms with Gasteiger partial charge in [0.05, 0.1) is 17.3 Å². The second-order valence-electron chi connectivity index (χ2n) is 5.35. The molecule has 0 aromatic carbocycles. The standard InChI is InChI=1S/C15H18N2O3/c1-9-7-14(20-16-9)13-5-4-6-17(13)15(18)12-8-10(2)19-11(12)3/h7-8,13H,4-6H2,1-3H3. The maximum absolute atomic E-state index is 12.7. The molecule has 1 atom stereocenters. The van der Waals surface area contributed by atoms with E-state index in [1.807, 2.05) is 31.7 Å². The minimum absolute atomic E-state index is 0.0101. The van der Waals surface area contributed by atoms with Crippen LogP contribution in [-0.4, -0.2) is 22.5 Å². The molecule has 1 saturated heterocycles. The average Bonchev–Trinajstić information content (AvgIpc) is 3.08. The Hall–Kier alpha value is -2.04. The highest BCUT2D eigenvalue weighted by molar-refractivity contribution is 5.95. The Morgan fingerprint density at radius 3 is 2.75 bits per heavy atom. The number of carbonyl (C=O) groups excluding carboxylic acids is 1. The first-order chi connectivity index (χ1) is 9.56. The molecule has 106 valence electrons. The predicted molar refractivity (Wildman–Crippen MR) is 72.4 cm³/mol. The maximum Gasteiger partial charge on any atom is 0.258 e. The molecule has 5 nitrogen and oxygen atoms in total. The van der Waals surface area contributed by atoms with Crippen LogP contribution in [0.4, 0.5) is 0 Å². The molecular formula is C15H18N2O3. The van der Waals surface area contributed by atoms with Gasteiger partial charge in [0.25, 0.3) is 5.91 Å². The lowest BCUT2D eigenvalue weighted by atomic mass is 10.1. The summed E-state index contributed by atoms with van der Waals surface area (Å²) in [7, 11) is 0. The summed E-state index contributed by atoms with van der Waals surface area (Å²) in [5.74, 6) is 2.21. The highest BCUT2D eigenvalue weighted by atomic mass is 16.5. The van der Waals surface area contributed by atoms with Crippen LogP contribution in [0, 0.1) is 20.8 Å². The van der Waals surface area contributed by atoms with Crippen molar-refractivity contribution in [2.24, 2.45) is 0 Å². The third-order valence-corrected chi connectivity index (χ3v) is 3.76. The molecule has 1 aliphatic heterocycles. The second kappa shape index (κ2) is 4.81. The lowest BCUT2D eigenvalue weighted by Crippen LogP contribution is -2.30. The van der Waals surface area contributed by atoms with Crippen molar-refractivity contribution in [1.29, 1.82) is 0 Å². The third-order valence-electron chi connectivity index (χ3n) is 3.76. The maximum atomic E-state index is 12.7. The lowest BCUT2D eigenvalue weighted by molar-refractivity contribution is 0.0713. The zero-order valence-corrected chi connectivity index (χ0v) is 12.0. The summed E-state index contributed by atoms with van der Waals surface area (Å²) < 4.78 is 10.8. The largest absolute Gasteiger partial charge is 0.466 e. The van der Waals surface area contributed by atoms with E-state index in [0.29, 0.717) is 11.3 Å². The van der Waals surface area contributed by atoms with Gasteiger partial charge in [0.2, 0.25) is 0 Å². The van der Waals surface area contributed by atoms with Crippen molar-refractivity contribution in [3.8, 4) is 0 Å². The van der Waals surface area contributed by atoms with Gasteiger partial charge in [-0.05, 0) is 39.7 Å². The molecule has 20 heavy (non-hydrogen) atoms. The summed E-state index contributed by atoms with van der Waals surface area (Å²) in [6.07, 6.45) is 1.89. The van der Waals surface area contributed by atoms with Gasteiger partial charge in [-0.15, -0.1) is 0 Å². The van der Waals surface area contributed by atoms with E-state index in [1.165, 1.54) is 0 Å². The molecule has 5 heteroatoms. The molecule has 0 bridgehead atoms. The van der Waals surface area contributed by atoms with E-state index in [-0.39, 0.29) is 11.9 Å². The van der Waals surface area contributed by atoms with Gasteiger partial charge in [-0.2, -0.15) is 0 Å². The number of hydrogen-bond acceptors (Lipinski definition) is 4. The third kappa shape index (κ3) is 2.13. The van der Waals surface area contributed by atoms with Crippen LogP contribution in [0.15, 0.2) is 21.1 Å². The average molecular weight is 274 g/mol. The van der Waals surface area contributed by atoms with Crippen molar-refractivity contribution < 1.29 is 13.7 Å². The fourth-order valence-electron chi connectivity index (χ4n) is 2.84. The summed E-state index contributed by atoms with van der Waals surface area (Å²) in [4.78, 5) is 14.5. The summed E-state index contributed by atoms with van der Waals surface area (Å²) >= 11 is 0. The van der Waals surface area contributed by atoms with Gasteiger partial charge in [-0.25, -0.2) is 0 Å². The van der Waals surface area contributed by atoms with E-state index in [1.54, 1.807) is 6.07 Å². The zero-order chi connectivity index (χ0) is 14.3. The summed E-state index contributed by atoms with van der Waals surface area (Å²) in [5, 5.41) is 3.92. The predicted octanol–water partition coefficient (Wildman–Crippen LogP) is 3.17. The molecule has 1 unspecified atom stereocenters. The molecule has 0 saturated carbocycles. The van der Waals surface area contributed by atoms with Crippen LogP contribution in [0.25, 0.3) is 0 Å². The molecular weight excluding hydrogens is 256 g/mol. The number of amides is 1. The van der Waals surface area contributed by atoms with Gasteiger partial charge in [-0.3, -0.25) is 4.79 Å². The molecule has 0 aliphatic carbocycles. The van der Waals surface area contributed by atoms with Crippen molar-refractivity contribution in [3.05, 3.63) is 40.7 Å². The molecule has 0 spiro atoms. The fourth-order valence-corrected chi connectivity index (χ4v) is 2.84. The molecule has 1 fully saturated rings. The van der Waals surface area contributed by atoms with Crippen LogP contribution in [0.5, 0.6) is 0 Å². The second-order valence-corrected chi connectivity index (χ2v) is 5.35. The van der Waals surface area contributed by atoms with E-state index in [9.17, 15) is 4.79 Å². The van der Waals surface area contributed by atoms with Crippen molar-refractivity contribution in [2.75, 3.05) is 6.54 Å². The topological polar surface area (TPSA) is 59.5 Å². The normalized spacial score (nSPS) is 18.8. The van der Waals surface area contributed by atoms with Gasteiger partial charge in [0, 0.05) is 12.6 Å². The Bertz CT molecular complexity index is 641. The fraction of sp³-hybridized carbons (Fsp3) is 0.467. The number of aryl methyl sites for hydroxylation is 3. The number of likely N-dealkylation sites (tertiary alicyclic amines) is 1. The van der Waals surface area contributed by atoms with E-state index in [4.69, 9.17) is 8.94 Å². The molecule has 1 aliphatic rings. The smallest absolute Gasteiger partial charge is 0.258 e. The quantitative estimate of drug-likeness (QED) is 0.844. The first-order valence-electron chi connectivity index (χ1n) is 6.87. The van der Waals surface area contributed by atoms with E-state index >= 15 is 0 Å². The van der Waals surface area contributed by atoms with Crippen molar-refractivity contribution in [2.45, 2.75) is 39.7 Å². The van der Waals surface area contributed by atoms with Crippen LogP contribution in [0.3, 0.4) is 0 Å². The Morgan fingerprint density at radius 1 is 1.35 bits per heavy atom. The summed E-state index contributed by atoms with van der Waals surface area (Å²) in [5.41, 5.74) is 1.49. The Balaban J connectivity index is 1.89. The first kappa shape index (κ1) is 13.0. The lowest BCUT2D eigenvalue weighted by Gasteiger charge is -2.22.